The van der Waals surface area contributed by atoms with Crippen molar-refractivity contribution < 1.29 is 4.79 Å². The fourth-order valence-electron chi connectivity index (χ4n) is 4.24. The standard InChI is InChI=1S/C22H28N4O/c1-16-21(3-2-11-24-16)26-14-10-19(15-26)22(27)25-20-6-4-17(5-7-20)18-8-12-23-13-9-18/h2-7,11,18-19,23H,8-10,12-15H2,1H3,(H,25,27). The quantitative estimate of drug-likeness (QED) is 0.874. The maximum atomic E-state index is 12.7. The minimum absolute atomic E-state index is 0.0219. The minimum Gasteiger partial charge on any atom is -0.369 e. The molecule has 27 heavy (non-hydrogen) atoms. The van der Waals surface area contributed by atoms with Crippen LogP contribution in [0, 0.1) is 12.8 Å². The summed E-state index contributed by atoms with van der Waals surface area (Å²) >= 11 is 0. The normalized spacial score (nSPS) is 20.6. The molecule has 2 fully saturated rings. The Kier molecular flexibility index (Phi) is 5.39. The van der Waals surface area contributed by atoms with E-state index in [4.69, 9.17) is 0 Å². The van der Waals surface area contributed by atoms with Gasteiger partial charge < -0.3 is 15.5 Å². The van der Waals surface area contributed by atoms with Crippen LogP contribution in [0.2, 0.25) is 0 Å². The molecule has 0 aliphatic carbocycles. The zero-order chi connectivity index (χ0) is 18.6. The van der Waals surface area contributed by atoms with Crippen LogP contribution >= 0.6 is 0 Å². The average molecular weight is 364 g/mol. The van der Waals surface area contributed by atoms with Gasteiger partial charge in [-0.05, 0) is 75.0 Å². The third kappa shape index (κ3) is 4.14. The number of rotatable bonds is 4. The van der Waals surface area contributed by atoms with Crippen molar-refractivity contribution in [3.63, 3.8) is 0 Å². The van der Waals surface area contributed by atoms with Crippen molar-refractivity contribution in [1.29, 1.82) is 0 Å². The summed E-state index contributed by atoms with van der Waals surface area (Å²) in [4.78, 5) is 19.3. The van der Waals surface area contributed by atoms with Gasteiger partial charge in [-0.3, -0.25) is 9.78 Å². The van der Waals surface area contributed by atoms with E-state index in [1.807, 2.05) is 31.3 Å². The van der Waals surface area contributed by atoms with E-state index in [0.29, 0.717) is 5.92 Å². The molecule has 0 bridgehead atoms. The van der Waals surface area contributed by atoms with Crippen molar-refractivity contribution in [3.05, 3.63) is 53.9 Å². The highest BCUT2D eigenvalue weighted by Gasteiger charge is 2.29. The second-order valence-corrected chi connectivity index (χ2v) is 7.68. The molecule has 0 saturated carbocycles. The van der Waals surface area contributed by atoms with Crippen LogP contribution < -0.4 is 15.5 Å². The maximum absolute atomic E-state index is 12.7. The van der Waals surface area contributed by atoms with Crippen LogP contribution in [0.4, 0.5) is 11.4 Å². The topological polar surface area (TPSA) is 57.3 Å². The van der Waals surface area contributed by atoms with Crippen molar-refractivity contribution >= 4 is 17.3 Å². The predicted molar refractivity (Wildman–Crippen MR) is 109 cm³/mol. The summed E-state index contributed by atoms with van der Waals surface area (Å²) in [6.07, 6.45) is 5.08. The molecule has 2 aliphatic rings. The van der Waals surface area contributed by atoms with Crippen molar-refractivity contribution in [2.24, 2.45) is 5.92 Å². The highest BCUT2D eigenvalue weighted by molar-refractivity contribution is 5.93. The van der Waals surface area contributed by atoms with E-state index in [-0.39, 0.29) is 11.8 Å². The molecule has 5 heteroatoms. The van der Waals surface area contributed by atoms with E-state index < -0.39 is 0 Å². The van der Waals surface area contributed by atoms with Crippen LogP contribution in [0.25, 0.3) is 0 Å². The molecule has 2 saturated heterocycles. The van der Waals surface area contributed by atoms with E-state index in [2.05, 4.69) is 38.7 Å². The average Bonchev–Trinajstić information content (AvgIpc) is 3.20. The van der Waals surface area contributed by atoms with E-state index in [9.17, 15) is 4.79 Å². The lowest BCUT2D eigenvalue weighted by molar-refractivity contribution is -0.119. The Hall–Kier alpha value is -2.40. The number of anilines is 2. The summed E-state index contributed by atoms with van der Waals surface area (Å²) in [6, 6.07) is 12.5. The third-order valence-corrected chi connectivity index (χ3v) is 5.87. The molecule has 4 rings (SSSR count). The summed E-state index contributed by atoms with van der Waals surface area (Å²) in [5, 5.41) is 6.51. The number of carbonyl (C=O) groups excluding carboxylic acids is 1. The van der Waals surface area contributed by atoms with E-state index >= 15 is 0 Å². The van der Waals surface area contributed by atoms with Crippen molar-refractivity contribution in [3.8, 4) is 0 Å². The van der Waals surface area contributed by atoms with E-state index in [0.717, 1.165) is 49.7 Å². The zero-order valence-electron chi connectivity index (χ0n) is 15.9. The first kappa shape index (κ1) is 18.0. The lowest BCUT2D eigenvalue weighted by Gasteiger charge is -2.23. The molecule has 2 aromatic rings. The minimum atomic E-state index is 0.0219. The van der Waals surface area contributed by atoms with Gasteiger partial charge in [-0.2, -0.15) is 0 Å². The smallest absolute Gasteiger partial charge is 0.229 e. The Balaban J connectivity index is 1.35. The molecular weight excluding hydrogens is 336 g/mol. The molecule has 0 spiro atoms. The van der Waals surface area contributed by atoms with Gasteiger partial charge in [0.2, 0.25) is 5.91 Å². The predicted octanol–water partition coefficient (Wildman–Crippen LogP) is 3.32. The number of aryl methyl sites for hydroxylation is 1. The molecule has 1 atom stereocenters. The number of aromatic nitrogens is 1. The second-order valence-electron chi connectivity index (χ2n) is 7.68. The molecule has 2 N–H and O–H groups in total. The molecule has 2 aliphatic heterocycles. The fraction of sp³-hybridized carbons (Fsp3) is 0.455. The number of piperidine rings is 1. The van der Waals surface area contributed by atoms with Crippen molar-refractivity contribution in [2.75, 3.05) is 36.4 Å². The van der Waals surface area contributed by atoms with Gasteiger partial charge in [0.15, 0.2) is 0 Å². The number of nitrogens with one attached hydrogen (secondary N) is 2. The number of nitrogens with zero attached hydrogens (tertiary/aromatic N) is 2. The summed E-state index contributed by atoms with van der Waals surface area (Å²) in [5.74, 6) is 0.782. The lowest BCUT2D eigenvalue weighted by Crippen LogP contribution is -2.27. The first-order chi connectivity index (χ1) is 13.2. The number of benzene rings is 1. The van der Waals surface area contributed by atoms with Crippen LogP contribution in [0.1, 0.15) is 36.4 Å². The van der Waals surface area contributed by atoms with Crippen LogP contribution in [0.15, 0.2) is 42.6 Å². The number of hydrogen-bond acceptors (Lipinski definition) is 4. The van der Waals surface area contributed by atoms with Gasteiger partial charge in [-0.15, -0.1) is 0 Å². The summed E-state index contributed by atoms with van der Waals surface area (Å²) in [7, 11) is 0. The van der Waals surface area contributed by atoms with Crippen LogP contribution in [0.3, 0.4) is 0 Å². The van der Waals surface area contributed by atoms with Crippen LogP contribution in [0.5, 0.6) is 0 Å². The van der Waals surface area contributed by atoms with Crippen molar-refractivity contribution in [2.45, 2.75) is 32.1 Å². The van der Waals surface area contributed by atoms with Gasteiger partial charge in [-0.25, -0.2) is 0 Å². The molecule has 1 aromatic heterocycles. The third-order valence-electron chi connectivity index (χ3n) is 5.87. The van der Waals surface area contributed by atoms with E-state index in [1.165, 1.54) is 18.4 Å². The molecule has 5 nitrogen and oxygen atoms in total. The summed E-state index contributed by atoms with van der Waals surface area (Å²) in [5.41, 5.74) is 4.44. The Morgan fingerprint density at radius 2 is 1.93 bits per heavy atom. The Morgan fingerprint density at radius 3 is 2.67 bits per heavy atom. The summed E-state index contributed by atoms with van der Waals surface area (Å²) < 4.78 is 0. The van der Waals surface area contributed by atoms with Crippen LogP contribution in [-0.4, -0.2) is 37.1 Å². The maximum Gasteiger partial charge on any atom is 0.229 e. The van der Waals surface area contributed by atoms with E-state index in [1.54, 1.807) is 0 Å². The number of amides is 1. The van der Waals surface area contributed by atoms with Crippen LogP contribution in [-0.2, 0) is 4.79 Å². The molecular formula is C22H28N4O. The molecule has 3 heterocycles. The Labute approximate surface area is 161 Å². The molecule has 0 radical (unpaired) electrons. The van der Waals surface area contributed by atoms with Gasteiger partial charge in [0, 0.05) is 25.0 Å². The SMILES string of the molecule is Cc1ncccc1N1CCC(C(=O)Nc2ccc(C3CCNCC3)cc2)C1. The van der Waals surface area contributed by atoms with Gasteiger partial charge in [0.05, 0.1) is 17.3 Å². The highest BCUT2D eigenvalue weighted by Crippen LogP contribution is 2.28. The number of pyridine rings is 1. The second kappa shape index (κ2) is 8.09. The summed E-state index contributed by atoms with van der Waals surface area (Å²) in [6.45, 7) is 5.87. The van der Waals surface area contributed by atoms with Gasteiger partial charge in [0.1, 0.15) is 0 Å². The van der Waals surface area contributed by atoms with Gasteiger partial charge >= 0.3 is 0 Å². The largest absolute Gasteiger partial charge is 0.369 e. The molecule has 1 aromatic carbocycles. The Bertz CT molecular complexity index is 783. The molecule has 1 unspecified atom stereocenters. The first-order valence-corrected chi connectivity index (χ1v) is 9.99. The zero-order valence-corrected chi connectivity index (χ0v) is 15.9. The lowest BCUT2D eigenvalue weighted by atomic mass is 9.90. The number of carbonyl (C=O) groups is 1. The Morgan fingerprint density at radius 1 is 1.15 bits per heavy atom. The monoisotopic (exact) mass is 364 g/mol. The van der Waals surface area contributed by atoms with Gasteiger partial charge in [-0.1, -0.05) is 12.1 Å². The van der Waals surface area contributed by atoms with Crippen molar-refractivity contribution in [1.82, 2.24) is 10.3 Å². The van der Waals surface area contributed by atoms with Gasteiger partial charge in [0.25, 0.3) is 0 Å². The molecule has 1 amide bonds. The highest BCUT2D eigenvalue weighted by atomic mass is 16.1. The molecule has 142 valence electrons. The fourth-order valence-corrected chi connectivity index (χ4v) is 4.24. The first-order valence-electron chi connectivity index (χ1n) is 9.99. The number of hydrogen-bond donors (Lipinski definition) is 2.